The van der Waals surface area contributed by atoms with Gasteiger partial charge in [-0.1, -0.05) is 0 Å². The maximum absolute atomic E-state index is 10.6. The number of aliphatic imine (C=N–C) groups is 1. The lowest BCUT2D eigenvalue weighted by Crippen LogP contribution is -2.25. The minimum atomic E-state index is 0.0634. The van der Waals surface area contributed by atoms with Gasteiger partial charge in [0.25, 0.3) is 0 Å². The summed E-state index contributed by atoms with van der Waals surface area (Å²) in [5.41, 5.74) is 0. The molecule has 0 saturated carbocycles. The Morgan fingerprint density at radius 1 is 1.67 bits per heavy atom. The van der Waals surface area contributed by atoms with Crippen LogP contribution in [0.2, 0.25) is 0 Å². The molecule has 1 saturated heterocycles. The van der Waals surface area contributed by atoms with Crippen molar-refractivity contribution in [3.63, 3.8) is 0 Å². The fourth-order valence-corrected chi connectivity index (χ4v) is 1.09. The van der Waals surface area contributed by atoms with E-state index in [0.717, 1.165) is 19.0 Å². The average molecular weight is 125 g/mol. The number of nitrogens with zero attached hydrogens (tertiary/aromatic N) is 2. The van der Waals surface area contributed by atoms with Crippen molar-refractivity contribution in [2.75, 3.05) is 19.6 Å². The number of guanidine groups is 1. The van der Waals surface area contributed by atoms with Crippen LogP contribution in [-0.2, 0) is 4.79 Å². The van der Waals surface area contributed by atoms with Gasteiger partial charge in [0.2, 0.25) is 11.9 Å². The third kappa shape index (κ3) is 0.590. The highest BCUT2D eigenvalue weighted by Gasteiger charge is 2.27. The van der Waals surface area contributed by atoms with Crippen LogP contribution in [0, 0.1) is 0 Å². The predicted molar refractivity (Wildman–Crippen MR) is 32.0 cm³/mol. The second kappa shape index (κ2) is 1.46. The summed E-state index contributed by atoms with van der Waals surface area (Å²) in [7, 11) is 0. The number of carbonyl (C=O) groups is 1. The molecule has 0 atom stereocenters. The van der Waals surface area contributed by atoms with Gasteiger partial charge in [-0.25, -0.2) is 0 Å². The molecule has 0 unspecified atom stereocenters. The number of nitrogens with one attached hydrogen (secondary N) is 1. The molecule has 0 bridgehead atoms. The maximum atomic E-state index is 10.6. The van der Waals surface area contributed by atoms with E-state index in [2.05, 4.69) is 10.3 Å². The first-order chi connectivity index (χ1) is 4.36. The van der Waals surface area contributed by atoms with Crippen molar-refractivity contribution in [1.82, 2.24) is 10.2 Å². The fraction of sp³-hybridized carbons (Fsp3) is 0.600. The Morgan fingerprint density at radius 3 is 3.33 bits per heavy atom. The molecule has 0 radical (unpaired) electrons. The molecule has 9 heavy (non-hydrogen) atoms. The highest BCUT2D eigenvalue weighted by Crippen LogP contribution is 2.03. The average Bonchev–Trinajstić information content (AvgIpc) is 2.22. The zero-order valence-electron chi connectivity index (χ0n) is 4.92. The van der Waals surface area contributed by atoms with Gasteiger partial charge in [0.1, 0.15) is 6.54 Å². The van der Waals surface area contributed by atoms with E-state index >= 15 is 0 Å². The minimum absolute atomic E-state index is 0.0634. The zero-order chi connectivity index (χ0) is 6.27. The molecule has 0 aromatic carbocycles. The monoisotopic (exact) mass is 125 g/mol. The number of hydrogen-bond acceptors (Lipinski definition) is 3. The quantitative estimate of drug-likeness (QED) is 0.441. The summed E-state index contributed by atoms with van der Waals surface area (Å²) in [6.07, 6.45) is 0. The van der Waals surface area contributed by atoms with E-state index in [0.29, 0.717) is 6.54 Å². The molecule has 0 aromatic rings. The molecule has 2 aliphatic heterocycles. The van der Waals surface area contributed by atoms with Crippen molar-refractivity contribution in [1.29, 1.82) is 0 Å². The number of rotatable bonds is 0. The Balaban J connectivity index is 2.24. The molecule has 2 aliphatic rings. The standard InChI is InChI=1S/C5H7N3O/c9-4-3-8-2-1-6-5(8)7-4/h1-3H2,(H,6,7,9). The molecule has 1 amide bonds. The van der Waals surface area contributed by atoms with E-state index in [9.17, 15) is 4.79 Å². The Morgan fingerprint density at radius 2 is 2.56 bits per heavy atom. The Bertz CT molecular complexity index is 187. The van der Waals surface area contributed by atoms with Gasteiger partial charge in [0.15, 0.2) is 0 Å². The van der Waals surface area contributed by atoms with Crippen molar-refractivity contribution in [2.24, 2.45) is 4.99 Å². The number of hydrogen-bond donors (Lipinski definition) is 1. The lowest BCUT2D eigenvalue weighted by molar-refractivity contribution is -0.118. The largest absolute Gasteiger partial charge is 0.331 e. The summed E-state index contributed by atoms with van der Waals surface area (Å²) in [6.45, 7) is 2.22. The second-order valence-corrected chi connectivity index (χ2v) is 2.18. The van der Waals surface area contributed by atoms with Crippen LogP contribution in [0.5, 0.6) is 0 Å². The third-order valence-corrected chi connectivity index (χ3v) is 1.52. The van der Waals surface area contributed by atoms with Crippen molar-refractivity contribution < 1.29 is 4.79 Å². The molecular formula is C5H7N3O. The van der Waals surface area contributed by atoms with Crippen molar-refractivity contribution in [3.8, 4) is 0 Å². The van der Waals surface area contributed by atoms with E-state index in [4.69, 9.17) is 0 Å². The lowest BCUT2D eigenvalue weighted by atomic mass is 10.5. The van der Waals surface area contributed by atoms with Crippen LogP contribution in [0.1, 0.15) is 0 Å². The van der Waals surface area contributed by atoms with E-state index in [-0.39, 0.29) is 5.91 Å². The Kier molecular flexibility index (Phi) is 0.777. The van der Waals surface area contributed by atoms with Crippen molar-refractivity contribution in [3.05, 3.63) is 0 Å². The van der Waals surface area contributed by atoms with Gasteiger partial charge in [-0.2, -0.15) is 0 Å². The zero-order valence-corrected chi connectivity index (χ0v) is 4.92. The normalized spacial score (nSPS) is 23.8. The van der Waals surface area contributed by atoms with E-state index in [1.54, 1.807) is 0 Å². The minimum Gasteiger partial charge on any atom is -0.331 e. The van der Waals surface area contributed by atoms with E-state index < -0.39 is 0 Å². The molecule has 2 heterocycles. The summed E-state index contributed by atoms with van der Waals surface area (Å²) in [5.74, 6) is 0.827. The molecule has 1 N–H and O–H groups in total. The van der Waals surface area contributed by atoms with Gasteiger partial charge >= 0.3 is 0 Å². The van der Waals surface area contributed by atoms with Crippen LogP contribution in [0.15, 0.2) is 4.99 Å². The topological polar surface area (TPSA) is 44.7 Å². The second-order valence-electron chi connectivity index (χ2n) is 2.18. The van der Waals surface area contributed by atoms with Gasteiger partial charge < -0.3 is 4.90 Å². The first kappa shape index (κ1) is 4.78. The third-order valence-electron chi connectivity index (χ3n) is 1.52. The summed E-state index contributed by atoms with van der Waals surface area (Å²) < 4.78 is 0. The summed E-state index contributed by atoms with van der Waals surface area (Å²) in [6, 6.07) is 0. The molecule has 4 nitrogen and oxygen atoms in total. The van der Waals surface area contributed by atoms with Crippen molar-refractivity contribution in [2.45, 2.75) is 0 Å². The maximum Gasteiger partial charge on any atom is 0.246 e. The molecule has 2 rings (SSSR count). The van der Waals surface area contributed by atoms with Crippen LogP contribution >= 0.6 is 0 Å². The van der Waals surface area contributed by atoms with Gasteiger partial charge in [-0.05, 0) is 0 Å². The highest BCUT2D eigenvalue weighted by molar-refractivity contribution is 6.04. The van der Waals surface area contributed by atoms with Crippen molar-refractivity contribution >= 4 is 11.9 Å². The van der Waals surface area contributed by atoms with Gasteiger partial charge in [0.05, 0.1) is 6.54 Å². The van der Waals surface area contributed by atoms with Gasteiger partial charge in [-0.15, -0.1) is 0 Å². The SMILES string of the molecule is O=C1CN2CCN=C2N1. The predicted octanol–water partition coefficient (Wildman–Crippen LogP) is -1.21. The number of fused-ring (bicyclic) bond motifs is 1. The lowest BCUT2D eigenvalue weighted by Gasteiger charge is -2.04. The summed E-state index contributed by atoms with van der Waals surface area (Å²) in [4.78, 5) is 16.6. The summed E-state index contributed by atoms with van der Waals surface area (Å²) in [5, 5.41) is 2.65. The first-order valence-electron chi connectivity index (χ1n) is 2.95. The fourth-order valence-electron chi connectivity index (χ4n) is 1.09. The molecule has 48 valence electrons. The van der Waals surface area contributed by atoms with E-state index in [1.165, 1.54) is 0 Å². The van der Waals surface area contributed by atoms with Crippen LogP contribution < -0.4 is 5.32 Å². The summed E-state index contributed by atoms with van der Waals surface area (Å²) >= 11 is 0. The number of amides is 1. The molecule has 0 aliphatic carbocycles. The smallest absolute Gasteiger partial charge is 0.246 e. The van der Waals surface area contributed by atoms with Crippen LogP contribution in [0.25, 0.3) is 0 Å². The molecule has 1 fully saturated rings. The van der Waals surface area contributed by atoms with Crippen LogP contribution in [0.4, 0.5) is 0 Å². The number of carbonyl (C=O) groups excluding carboxylic acids is 1. The Hall–Kier alpha value is -1.06. The van der Waals surface area contributed by atoms with Gasteiger partial charge in [-0.3, -0.25) is 15.1 Å². The molecule has 0 aromatic heterocycles. The first-order valence-corrected chi connectivity index (χ1v) is 2.95. The Labute approximate surface area is 52.6 Å². The highest BCUT2D eigenvalue weighted by atomic mass is 16.2. The van der Waals surface area contributed by atoms with Gasteiger partial charge in [0, 0.05) is 6.54 Å². The van der Waals surface area contributed by atoms with E-state index in [1.807, 2.05) is 4.90 Å². The molecular weight excluding hydrogens is 118 g/mol. The van der Waals surface area contributed by atoms with Crippen LogP contribution in [0.3, 0.4) is 0 Å². The van der Waals surface area contributed by atoms with Crippen LogP contribution in [-0.4, -0.2) is 36.4 Å². The molecule has 0 spiro atoms. The molecule has 4 heteroatoms.